The summed E-state index contributed by atoms with van der Waals surface area (Å²) in [6.07, 6.45) is 2.18. The van der Waals surface area contributed by atoms with Gasteiger partial charge in [0.25, 0.3) is 0 Å². The van der Waals surface area contributed by atoms with Gasteiger partial charge in [-0.1, -0.05) is 27.7 Å². The molecule has 0 spiro atoms. The Labute approximate surface area is 112 Å². The number of amides is 1. The summed E-state index contributed by atoms with van der Waals surface area (Å²) in [5, 5.41) is 2.93. The number of rotatable bonds is 9. The van der Waals surface area contributed by atoms with E-state index in [2.05, 4.69) is 37.9 Å². The van der Waals surface area contributed by atoms with Crippen molar-refractivity contribution in [2.75, 3.05) is 33.2 Å². The molecular formula is C14H31N3O. The van der Waals surface area contributed by atoms with E-state index in [4.69, 9.17) is 5.73 Å². The highest BCUT2D eigenvalue weighted by atomic mass is 16.2. The van der Waals surface area contributed by atoms with Crippen LogP contribution in [0.4, 0.5) is 0 Å². The number of carbonyl (C=O) groups excluding carboxylic acids is 1. The van der Waals surface area contributed by atoms with Gasteiger partial charge in [-0.2, -0.15) is 0 Å². The first-order valence-electron chi connectivity index (χ1n) is 6.92. The summed E-state index contributed by atoms with van der Waals surface area (Å²) >= 11 is 0. The number of carbonyl (C=O) groups is 1. The van der Waals surface area contributed by atoms with Crippen LogP contribution in [0.3, 0.4) is 0 Å². The Morgan fingerprint density at radius 3 is 2.50 bits per heavy atom. The van der Waals surface area contributed by atoms with Crippen LogP contribution in [0.1, 0.15) is 40.5 Å². The van der Waals surface area contributed by atoms with Gasteiger partial charge in [0.2, 0.25) is 5.91 Å². The van der Waals surface area contributed by atoms with Crippen molar-refractivity contribution in [3.05, 3.63) is 0 Å². The fourth-order valence-electron chi connectivity index (χ4n) is 1.63. The Hall–Kier alpha value is -0.610. The summed E-state index contributed by atoms with van der Waals surface area (Å²) in [7, 11) is 1.99. The van der Waals surface area contributed by atoms with Crippen molar-refractivity contribution >= 4 is 5.91 Å². The maximum atomic E-state index is 11.6. The topological polar surface area (TPSA) is 58.4 Å². The predicted octanol–water partition coefficient (Wildman–Crippen LogP) is 1.46. The van der Waals surface area contributed by atoms with Crippen molar-refractivity contribution in [3.8, 4) is 0 Å². The molecule has 1 amide bonds. The lowest BCUT2D eigenvalue weighted by molar-refractivity contribution is -0.122. The molecule has 0 rings (SSSR count). The molecule has 18 heavy (non-hydrogen) atoms. The molecule has 0 unspecified atom stereocenters. The summed E-state index contributed by atoms with van der Waals surface area (Å²) in [5.41, 5.74) is 5.90. The number of nitrogens with zero attached hydrogens (tertiary/aromatic N) is 1. The smallest absolute Gasteiger partial charge is 0.234 e. The largest absolute Gasteiger partial charge is 0.355 e. The third kappa shape index (κ3) is 9.42. The monoisotopic (exact) mass is 257 g/mol. The average Bonchev–Trinajstić information content (AvgIpc) is 2.26. The van der Waals surface area contributed by atoms with Crippen molar-refractivity contribution < 1.29 is 4.79 Å². The lowest BCUT2D eigenvalue weighted by Crippen LogP contribution is -2.37. The van der Waals surface area contributed by atoms with Crippen LogP contribution in [0, 0.1) is 11.3 Å². The zero-order valence-corrected chi connectivity index (χ0v) is 12.8. The van der Waals surface area contributed by atoms with Gasteiger partial charge in [-0.3, -0.25) is 9.69 Å². The van der Waals surface area contributed by atoms with Gasteiger partial charge in [0.05, 0.1) is 6.54 Å². The zero-order valence-electron chi connectivity index (χ0n) is 12.8. The molecule has 0 aromatic rings. The number of hydrogen-bond acceptors (Lipinski definition) is 3. The van der Waals surface area contributed by atoms with Crippen molar-refractivity contribution in [1.82, 2.24) is 10.2 Å². The summed E-state index contributed by atoms with van der Waals surface area (Å²) in [6, 6.07) is 0. The summed E-state index contributed by atoms with van der Waals surface area (Å²) in [5.74, 6) is 0.619. The Kier molecular flexibility index (Phi) is 8.20. The van der Waals surface area contributed by atoms with E-state index in [1.54, 1.807) is 0 Å². The molecule has 0 fully saturated rings. The van der Waals surface area contributed by atoms with Gasteiger partial charge in [-0.15, -0.1) is 0 Å². The second kappa shape index (κ2) is 8.48. The average molecular weight is 257 g/mol. The fraction of sp³-hybridized carbons (Fsp3) is 0.929. The first-order chi connectivity index (χ1) is 8.26. The van der Waals surface area contributed by atoms with Crippen molar-refractivity contribution in [2.24, 2.45) is 17.1 Å². The van der Waals surface area contributed by atoms with Gasteiger partial charge in [-0.05, 0) is 44.3 Å². The van der Waals surface area contributed by atoms with Crippen LogP contribution in [-0.2, 0) is 4.79 Å². The van der Waals surface area contributed by atoms with Crippen molar-refractivity contribution in [2.45, 2.75) is 40.5 Å². The van der Waals surface area contributed by atoms with E-state index in [0.29, 0.717) is 19.0 Å². The van der Waals surface area contributed by atoms with E-state index in [9.17, 15) is 4.79 Å². The van der Waals surface area contributed by atoms with Gasteiger partial charge < -0.3 is 11.1 Å². The molecule has 0 heterocycles. The Bertz CT molecular complexity index is 239. The molecule has 4 heteroatoms. The number of likely N-dealkylation sites (N-methyl/N-ethyl adjacent to an activating group) is 1. The van der Waals surface area contributed by atoms with Crippen LogP contribution < -0.4 is 11.1 Å². The van der Waals surface area contributed by atoms with E-state index >= 15 is 0 Å². The maximum Gasteiger partial charge on any atom is 0.234 e. The fourth-order valence-corrected chi connectivity index (χ4v) is 1.63. The number of hydrogen-bond donors (Lipinski definition) is 2. The van der Waals surface area contributed by atoms with Gasteiger partial charge in [0.1, 0.15) is 0 Å². The van der Waals surface area contributed by atoms with Gasteiger partial charge in [0, 0.05) is 6.54 Å². The molecule has 0 aromatic heterocycles. The Morgan fingerprint density at radius 2 is 2.00 bits per heavy atom. The molecule has 3 N–H and O–H groups in total. The van der Waals surface area contributed by atoms with E-state index in [0.717, 1.165) is 25.9 Å². The van der Waals surface area contributed by atoms with E-state index in [1.165, 1.54) is 0 Å². The minimum Gasteiger partial charge on any atom is -0.355 e. The van der Waals surface area contributed by atoms with Crippen LogP contribution in [0.5, 0.6) is 0 Å². The van der Waals surface area contributed by atoms with E-state index in [1.807, 2.05) is 7.05 Å². The summed E-state index contributed by atoms with van der Waals surface area (Å²) < 4.78 is 0. The van der Waals surface area contributed by atoms with Crippen molar-refractivity contribution in [3.63, 3.8) is 0 Å². The predicted molar refractivity (Wildman–Crippen MR) is 77.4 cm³/mol. The van der Waals surface area contributed by atoms with Crippen LogP contribution in [-0.4, -0.2) is 44.0 Å². The molecule has 0 aliphatic rings. The minimum absolute atomic E-state index is 0.115. The van der Waals surface area contributed by atoms with Crippen LogP contribution in [0.2, 0.25) is 0 Å². The van der Waals surface area contributed by atoms with Gasteiger partial charge >= 0.3 is 0 Å². The van der Waals surface area contributed by atoms with Crippen LogP contribution in [0.25, 0.3) is 0 Å². The molecule has 108 valence electrons. The Balaban J connectivity index is 3.71. The quantitative estimate of drug-likeness (QED) is 0.657. The zero-order chi connectivity index (χ0) is 14.2. The molecule has 0 aliphatic heterocycles. The highest BCUT2D eigenvalue weighted by Gasteiger charge is 2.15. The standard InChI is InChI=1S/C14H31N3O/c1-12(2)9-16-13(18)10-17(5)8-6-7-14(3,4)11-15/h12H,6-11,15H2,1-5H3,(H,16,18). The number of nitrogens with two attached hydrogens (primary N) is 1. The van der Waals surface area contributed by atoms with E-state index < -0.39 is 0 Å². The van der Waals surface area contributed by atoms with E-state index in [-0.39, 0.29) is 11.3 Å². The van der Waals surface area contributed by atoms with Gasteiger partial charge in [0.15, 0.2) is 0 Å². The molecule has 0 aromatic carbocycles. The highest BCUT2D eigenvalue weighted by molar-refractivity contribution is 5.77. The molecule has 0 radical (unpaired) electrons. The first-order valence-corrected chi connectivity index (χ1v) is 6.92. The molecule has 0 saturated heterocycles. The molecule has 0 aliphatic carbocycles. The molecule has 0 atom stereocenters. The third-order valence-corrected chi connectivity index (χ3v) is 3.07. The first kappa shape index (κ1) is 17.4. The van der Waals surface area contributed by atoms with Crippen molar-refractivity contribution in [1.29, 1.82) is 0 Å². The van der Waals surface area contributed by atoms with Crippen LogP contribution in [0.15, 0.2) is 0 Å². The molecule has 0 saturated carbocycles. The normalized spacial score (nSPS) is 12.2. The maximum absolute atomic E-state index is 11.6. The lowest BCUT2D eigenvalue weighted by Gasteiger charge is -2.24. The third-order valence-electron chi connectivity index (χ3n) is 3.07. The molecular weight excluding hydrogens is 226 g/mol. The SMILES string of the molecule is CC(C)CNC(=O)CN(C)CCCC(C)(C)CN. The highest BCUT2D eigenvalue weighted by Crippen LogP contribution is 2.19. The Morgan fingerprint density at radius 1 is 1.39 bits per heavy atom. The molecule has 4 nitrogen and oxygen atoms in total. The second-order valence-electron chi connectivity index (χ2n) is 6.41. The van der Waals surface area contributed by atoms with Gasteiger partial charge in [-0.25, -0.2) is 0 Å². The second-order valence-corrected chi connectivity index (χ2v) is 6.41. The lowest BCUT2D eigenvalue weighted by atomic mass is 9.88. The summed E-state index contributed by atoms with van der Waals surface area (Å²) in [4.78, 5) is 13.7. The number of nitrogens with one attached hydrogen (secondary N) is 1. The summed E-state index contributed by atoms with van der Waals surface area (Å²) in [6.45, 7) is 11.5. The van der Waals surface area contributed by atoms with Crippen LogP contribution >= 0.6 is 0 Å². The minimum atomic E-state index is 0.115. The molecule has 0 bridgehead atoms.